The Hall–Kier alpha value is -2.41. The summed E-state index contributed by atoms with van der Waals surface area (Å²) < 4.78 is 37.5. The van der Waals surface area contributed by atoms with Gasteiger partial charge in [0.15, 0.2) is 9.84 Å². The van der Waals surface area contributed by atoms with Crippen molar-refractivity contribution in [2.24, 2.45) is 0 Å². The van der Waals surface area contributed by atoms with Gasteiger partial charge in [0.2, 0.25) is 5.91 Å². The third-order valence-corrected chi connectivity index (χ3v) is 6.30. The zero-order valence-electron chi connectivity index (χ0n) is 14.5. The first kappa shape index (κ1) is 18.4. The second-order valence-electron chi connectivity index (χ2n) is 6.27. The summed E-state index contributed by atoms with van der Waals surface area (Å²) in [5.74, 6) is -0.395. The molecule has 0 spiro atoms. The molecular weight excluding hydrogens is 355 g/mol. The minimum Gasteiger partial charge on any atom is -0.373 e. The second kappa shape index (κ2) is 7.45. The first-order valence-corrected chi connectivity index (χ1v) is 10.2. The summed E-state index contributed by atoms with van der Waals surface area (Å²) in [6.45, 7) is 2.57. The highest BCUT2D eigenvalue weighted by Gasteiger charge is 2.32. The number of likely N-dealkylation sites (tertiary alicyclic amines) is 1. The predicted molar refractivity (Wildman–Crippen MR) is 98.0 cm³/mol. The van der Waals surface area contributed by atoms with Crippen LogP contribution in [0.15, 0.2) is 53.4 Å². The lowest BCUT2D eigenvalue weighted by Gasteiger charge is -2.19. The molecule has 2 aromatic carbocycles. The lowest BCUT2D eigenvalue weighted by molar-refractivity contribution is -0.128. The first-order valence-electron chi connectivity index (χ1n) is 8.52. The summed E-state index contributed by atoms with van der Waals surface area (Å²) in [7, 11) is -3.38. The Labute approximate surface area is 152 Å². The Morgan fingerprint density at radius 2 is 1.85 bits per heavy atom. The van der Waals surface area contributed by atoms with Crippen molar-refractivity contribution in [2.45, 2.75) is 30.8 Å². The Morgan fingerprint density at radius 3 is 2.54 bits per heavy atom. The fraction of sp³-hybridized carbons (Fsp3) is 0.316. The number of carbonyl (C=O) groups excluding carboxylic acids is 1. The van der Waals surface area contributed by atoms with Crippen LogP contribution in [0, 0.1) is 5.82 Å². The van der Waals surface area contributed by atoms with Gasteiger partial charge in [-0.3, -0.25) is 4.79 Å². The molecule has 1 N–H and O–H groups in total. The van der Waals surface area contributed by atoms with E-state index in [0.29, 0.717) is 25.2 Å². The maximum absolute atomic E-state index is 13.0. The molecule has 7 heteroatoms. The summed E-state index contributed by atoms with van der Waals surface area (Å²) in [6.07, 6.45) is 0.584. The van der Waals surface area contributed by atoms with E-state index >= 15 is 0 Å². The van der Waals surface area contributed by atoms with Gasteiger partial charge in [-0.15, -0.1) is 0 Å². The maximum Gasteiger partial charge on any atom is 0.245 e. The highest BCUT2D eigenvalue weighted by Crippen LogP contribution is 2.25. The predicted octanol–water partition coefficient (Wildman–Crippen LogP) is 2.83. The van der Waals surface area contributed by atoms with E-state index in [4.69, 9.17) is 0 Å². The second-order valence-corrected chi connectivity index (χ2v) is 8.52. The Bertz CT molecular complexity index is 897. The summed E-state index contributed by atoms with van der Waals surface area (Å²) >= 11 is 0. The molecule has 0 aromatic heterocycles. The number of hydrogen-bond acceptors (Lipinski definition) is 4. The number of benzene rings is 2. The topological polar surface area (TPSA) is 66.5 Å². The summed E-state index contributed by atoms with van der Waals surface area (Å²) in [5, 5.41) is 3.09. The van der Waals surface area contributed by atoms with E-state index in [1.54, 1.807) is 48.2 Å². The number of halogens is 1. The number of hydrogen-bond donors (Lipinski definition) is 1. The van der Waals surface area contributed by atoms with E-state index in [-0.39, 0.29) is 22.4 Å². The van der Waals surface area contributed by atoms with E-state index in [2.05, 4.69) is 5.32 Å². The monoisotopic (exact) mass is 376 g/mol. The summed E-state index contributed by atoms with van der Waals surface area (Å²) in [6, 6.07) is 12.2. The van der Waals surface area contributed by atoms with Crippen molar-refractivity contribution in [1.29, 1.82) is 0 Å². The smallest absolute Gasteiger partial charge is 0.245 e. The maximum atomic E-state index is 13.0. The molecule has 1 saturated heterocycles. The molecule has 0 radical (unpaired) electrons. The van der Waals surface area contributed by atoms with Gasteiger partial charge in [0.25, 0.3) is 0 Å². The zero-order valence-corrected chi connectivity index (χ0v) is 15.3. The fourth-order valence-electron chi connectivity index (χ4n) is 3.04. The van der Waals surface area contributed by atoms with Gasteiger partial charge in [-0.05, 0) is 36.2 Å². The minimum atomic E-state index is -3.38. The molecule has 5 nitrogen and oxygen atoms in total. The van der Waals surface area contributed by atoms with Crippen molar-refractivity contribution in [2.75, 3.05) is 17.6 Å². The Morgan fingerprint density at radius 1 is 1.15 bits per heavy atom. The molecule has 1 amide bonds. The van der Waals surface area contributed by atoms with Gasteiger partial charge in [-0.1, -0.05) is 31.2 Å². The number of nitrogens with zero attached hydrogens (tertiary/aromatic N) is 1. The third kappa shape index (κ3) is 3.88. The largest absolute Gasteiger partial charge is 0.373 e. The van der Waals surface area contributed by atoms with Gasteiger partial charge in [0.1, 0.15) is 11.9 Å². The quantitative estimate of drug-likeness (QED) is 0.842. The molecule has 26 heavy (non-hydrogen) atoms. The SMILES string of the molecule is CCS(=O)(=O)c1ccccc1NC1CCN(Cc2ccc(F)cc2)C1=O. The molecular formula is C19H21FN2O3S. The molecule has 0 bridgehead atoms. The average molecular weight is 376 g/mol. The number of amides is 1. The van der Waals surface area contributed by atoms with Gasteiger partial charge in [0, 0.05) is 13.1 Å². The molecule has 1 atom stereocenters. The molecule has 2 aromatic rings. The van der Waals surface area contributed by atoms with E-state index in [1.165, 1.54) is 12.1 Å². The zero-order chi connectivity index (χ0) is 18.7. The van der Waals surface area contributed by atoms with Crippen molar-refractivity contribution in [3.05, 3.63) is 59.9 Å². The first-order chi connectivity index (χ1) is 12.4. The van der Waals surface area contributed by atoms with Crippen molar-refractivity contribution >= 4 is 21.4 Å². The number of carbonyl (C=O) groups is 1. The molecule has 0 saturated carbocycles. The minimum absolute atomic E-state index is 0.000990. The van der Waals surface area contributed by atoms with Gasteiger partial charge >= 0.3 is 0 Å². The van der Waals surface area contributed by atoms with Crippen molar-refractivity contribution in [1.82, 2.24) is 4.90 Å². The van der Waals surface area contributed by atoms with E-state index in [9.17, 15) is 17.6 Å². The van der Waals surface area contributed by atoms with Gasteiger partial charge in [0.05, 0.1) is 16.3 Å². The highest BCUT2D eigenvalue weighted by molar-refractivity contribution is 7.91. The van der Waals surface area contributed by atoms with Crippen LogP contribution in [0.4, 0.5) is 10.1 Å². The number of para-hydroxylation sites is 1. The fourth-order valence-corrected chi connectivity index (χ4v) is 4.10. The number of rotatable bonds is 6. The molecule has 1 fully saturated rings. The molecule has 3 rings (SSSR count). The van der Waals surface area contributed by atoms with Crippen LogP contribution in [-0.4, -0.2) is 37.6 Å². The van der Waals surface area contributed by atoms with E-state index in [1.807, 2.05) is 0 Å². The lowest BCUT2D eigenvalue weighted by atomic mass is 10.2. The molecule has 0 aliphatic carbocycles. The molecule has 138 valence electrons. The van der Waals surface area contributed by atoms with Crippen molar-refractivity contribution < 1.29 is 17.6 Å². The molecule has 1 aliphatic rings. The lowest BCUT2D eigenvalue weighted by Crippen LogP contribution is -2.33. The number of sulfone groups is 1. The molecule has 1 aliphatic heterocycles. The number of nitrogens with one attached hydrogen (secondary N) is 1. The van der Waals surface area contributed by atoms with Gasteiger partial charge in [-0.2, -0.15) is 0 Å². The van der Waals surface area contributed by atoms with Gasteiger partial charge < -0.3 is 10.2 Å². The van der Waals surface area contributed by atoms with Crippen LogP contribution < -0.4 is 5.32 Å². The van der Waals surface area contributed by atoms with E-state index in [0.717, 1.165) is 5.56 Å². The normalized spacial score (nSPS) is 17.5. The molecule has 1 unspecified atom stereocenters. The van der Waals surface area contributed by atoms with Crippen LogP contribution in [-0.2, 0) is 21.2 Å². The van der Waals surface area contributed by atoms with Crippen LogP contribution in [0.1, 0.15) is 18.9 Å². The van der Waals surface area contributed by atoms with Crippen LogP contribution in [0.5, 0.6) is 0 Å². The van der Waals surface area contributed by atoms with Crippen LogP contribution >= 0.6 is 0 Å². The summed E-state index contributed by atoms with van der Waals surface area (Å²) in [5.41, 5.74) is 1.31. The Balaban J connectivity index is 1.73. The summed E-state index contributed by atoms with van der Waals surface area (Å²) in [4.78, 5) is 14.6. The Kier molecular flexibility index (Phi) is 5.27. The molecule has 1 heterocycles. The van der Waals surface area contributed by atoms with Crippen molar-refractivity contribution in [3.63, 3.8) is 0 Å². The third-order valence-electron chi connectivity index (χ3n) is 4.52. The number of anilines is 1. The van der Waals surface area contributed by atoms with Crippen LogP contribution in [0.3, 0.4) is 0 Å². The van der Waals surface area contributed by atoms with Crippen LogP contribution in [0.25, 0.3) is 0 Å². The van der Waals surface area contributed by atoms with Crippen LogP contribution in [0.2, 0.25) is 0 Å². The van der Waals surface area contributed by atoms with E-state index < -0.39 is 15.9 Å². The highest BCUT2D eigenvalue weighted by atomic mass is 32.2. The standard InChI is InChI=1S/C19H21FN2O3S/c1-2-26(24,25)18-6-4-3-5-16(18)21-17-11-12-22(19(17)23)13-14-7-9-15(20)10-8-14/h3-10,17,21H,2,11-13H2,1H3. The van der Waals surface area contributed by atoms with Crippen molar-refractivity contribution in [3.8, 4) is 0 Å². The average Bonchev–Trinajstić information content (AvgIpc) is 2.97. The van der Waals surface area contributed by atoms with Gasteiger partial charge in [-0.25, -0.2) is 12.8 Å².